The van der Waals surface area contributed by atoms with Gasteiger partial charge in [-0.05, 0) is 50.6 Å². The van der Waals surface area contributed by atoms with Crippen LogP contribution in [0, 0.1) is 20.8 Å². The first-order chi connectivity index (χ1) is 12.8. The van der Waals surface area contributed by atoms with Crippen molar-refractivity contribution in [1.29, 1.82) is 0 Å². The molecule has 5 nitrogen and oxygen atoms in total. The molecule has 0 aliphatic carbocycles. The van der Waals surface area contributed by atoms with E-state index in [-0.39, 0.29) is 0 Å². The molecule has 1 saturated heterocycles. The van der Waals surface area contributed by atoms with Crippen molar-refractivity contribution in [3.05, 3.63) is 53.1 Å². The minimum absolute atomic E-state index is 0.374. The summed E-state index contributed by atoms with van der Waals surface area (Å²) in [6.07, 6.45) is 0. The molecule has 0 spiro atoms. The fourth-order valence-electron chi connectivity index (χ4n) is 3.93. The molecule has 1 aliphatic heterocycles. The van der Waals surface area contributed by atoms with Crippen LogP contribution in [0.3, 0.4) is 0 Å². The second-order valence-electron chi connectivity index (χ2n) is 7.27. The third-order valence-corrected chi connectivity index (χ3v) is 6.85. The lowest BCUT2D eigenvalue weighted by Gasteiger charge is -2.36. The highest BCUT2D eigenvalue weighted by molar-refractivity contribution is 7.92. The van der Waals surface area contributed by atoms with E-state index in [2.05, 4.69) is 21.4 Å². The van der Waals surface area contributed by atoms with Crippen molar-refractivity contribution in [2.24, 2.45) is 0 Å². The Bertz CT molecular complexity index is 894. The van der Waals surface area contributed by atoms with Crippen LogP contribution < -0.4 is 9.62 Å². The van der Waals surface area contributed by atoms with Crippen LogP contribution in [0.5, 0.6) is 0 Å². The van der Waals surface area contributed by atoms with E-state index in [1.54, 1.807) is 0 Å². The second kappa shape index (κ2) is 7.90. The zero-order valence-corrected chi connectivity index (χ0v) is 17.4. The van der Waals surface area contributed by atoms with Gasteiger partial charge in [-0.2, -0.15) is 0 Å². The summed E-state index contributed by atoms with van der Waals surface area (Å²) in [5, 5.41) is 0. The molecule has 0 unspecified atom stereocenters. The van der Waals surface area contributed by atoms with Crippen LogP contribution >= 0.6 is 0 Å². The zero-order chi connectivity index (χ0) is 19.6. The summed E-state index contributed by atoms with van der Waals surface area (Å²) >= 11 is 0. The SMILES string of the molecule is CCN1CCN(c2ccccc2NS(=O)(=O)c2c(C)cc(C)cc2C)CC1. The van der Waals surface area contributed by atoms with E-state index in [0.29, 0.717) is 10.6 Å². The molecule has 2 aromatic rings. The molecule has 3 rings (SSSR count). The number of likely N-dealkylation sites (N-methyl/N-ethyl adjacent to an activating group) is 1. The molecule has 0 bridgehead atoms. The van der Waals surface area contributed by atoms with Gasteiger partial charge in [-0.3, -0.25) is 4.72 Å². The highest BCUT2D eigenvalue weighted by Gasteiger charge is 2.23. The minimum Gasteiger partial charge on any atom is -0.367 e. The van der Waals surface area contributed by atoms with Crippen LogP contribution in [0.25, 0.3) is 0 Å². The number of hydrogen-bond acceptors (Lipinski definition) is 4. The van der Waals surface area contributed by atoms with E-state index in [9.17, 15) is 8.42 Å². The highest BCUT2D eigenvalue weighted by Crippen LogP contribution is 2.30. The largest absolute Gasteiger partial charge is 0.367 e. The van der Waals surface area contributed by atoms with Crippen molar-refractivity contribution in [2.75, 3.05) is 42.3 Å². The number of nitrogens with one attached hydrogen (secondary N) is 1. The lowest BCUT2D eigenvalue weighted by molar-refractivity contribution is 0.271. The Kier molecular flexibility index (Phi) is 5.77. The monoisotopic (exact) mass is 387 g/mol. The first-order valence-electron chi connectivity index (χ1n) is 9.49. The number of aryl methyl sites for hydroxylation is 3. The Balaban J connectivity index is 1.90. The number of anilines is 2. The van der Waals surface area contributed by atoms with E-state index in [0.717, 1.165) is 55.1 Å². The standard InChI is InChI=1S/C21H29N3O2S/c1-5-23-10-12-24(13-11-23)20-9-7-6-8-19(20)22-27(25,26)21-17(3)14-16(2)15-18(21)4/h6-9,14-15,22H,5,10-13H2,1-4H3. The summed E-state index contributed by atoms with van der Waals surface area (Å²) in [6, 6.07) is 11.5. The van der Waals surface area contributed by atoms with Gasteiger partial charge in [-0.1, -0.05) is 36.8 Å². The summed E-state index contributed by atoms with van der Waals surface area (Å²) in [7, 11) is -3.66. The maximum atomic E-state index is 13.2. The Labute approximate surface area is 163 Å². The van der Waals surface area contributed by atoms with Crippen LogP contribution in [-0.4, -0.2) is 46.0 Å². The van der Waals surface area contributed by atoms with E-state index >= 15 is 0 Å². The summed E-state index contributed by atoms with van der Waals surface area (Å²) in [6.45, 7) is 12.7. The number of sulfonamides is 1. The van der Waals surface area contributed by atoms with Crippen LogP contribution in [0.2, 0.25) is 0 Å². The van der Waals surface area contributed by atoms with Crippen molar-refractivity contribution in [3.8, 4) is 0 Å². The van der Waals surface area contributed by atoms with Crippen LogP contribution in [0.15, 0.2) is 41.3 Å². The molecule has 0 amide bonds. The lowest BCUT2D eigenvalue weighted by Crippen LogP contribution is -2.46. The molecular weight excluding hydrogens is 358 g/mol. The first-order valence-corrected chi connectivity index (χ1v) is 11.0. The quantitative estimate of drug-likeness (QED) is 0.852. The molecule has 2 aromatic carbocycles. The molecule has 6 heteroatoms. The number of hydrogen-bond donors (Lipinski definition) is 1. The molecule has 0 atom stereocenters. The maximum absolute atomic E-state index is 13.2. The highest BCUT2D eigenvalue weighted by atomic mass is 32.2. The van der Waals surface area contributed by atoms with E-state index in [1.165, 1.54) is 0 Å². The number of rotatable bonds is 5. The predicted molar refractivity (Wildman–Crippen MR) is 112 cm³/mol. The molecule has 27 heavy (non-hydrogen) atoms. The number of para-hydroxylation sites is 2. The van der Waals surface area contributed by atoms with Crippen molar-refractivity contribution >= 4 is 21.4 Å². The molecule has 0 radical (unpaired) electrons. The van der Waals surface area contributed by atoms with E-state index in [4.69, 9.17) is 0 Å². The summed E-state index contributed by atoms with van der Waals surface area (Å²) in [4.78, 5) is 5.04. The van der Waals surface area contributed by atoms with Crippen molar-refractivity contribution < 1.29 is 8.42 Å². The Morgan fingerprint density at radius 1 is 0.963 bits per heavy atom. The van der Waals surface area contributed by atoms with Crippen LogP contribution in [0.1, 0.15) is 23.6 Å². The Hall–Kier alpha value is -2.05. The normalized spacial score (nSPS) is 15.8. The fraction of sp³-hybridized carbons (Fsp3) is 0.429. The topological polar surface area (TPSA) is 52.6 Å². The molecular formula is C21H29N3O2S. The molecule has 1 N–H and O–H groups in total. The van der Waals surface area contributed by atoms with Gasteiger partial charge in [0, 0.05) is 26.2 Å². The van der Waals surface area contributed by atoms with Crippen molar-refractivity contribution in [2.45, 2.75) is 32.6 Å². The average Bonchev–Trinajstić information content (AvgIpc) is 2.61. The number of piperazine rings is 1. The third kappa shape index (κ3) is 4.28. The van der Waals surface area contributed by atoms with Gasteiger partial charge < -0.3 is 9.80 Å². The second-order valence-corrected chi connectivity index (χ2v) is 8.89. The Morgan fingerprint density at radius 2 is 1.56 bits per heavy atom. The molecule has 146 valence electrons. The van der Waals surface area contributed by atoms with Gasteiger partial charge in [0.05, 0.1) is 16.3 Å². The van der Waals surface area contributed by atoms with Gasteiger partial charge in [0.1, 0.15) is 0 Å². The van der Waals surface area contributed by atoms with Crippen molar-refractivity contribution in [1.82, 2.24) is 4.90 Å². The van der Waals surface area contributed by atoms with Gasteiger partial charge >= 0.3 is 0 Å². The molecule has 0 aromatic heterocycles. The summed E-state index contributed by atoms with van der Waals surface area (Å²) in [5.41, 5.74) is 4.20. The fourth-order valence-corrected chi connectivity index (χ4v) is 5.46. The van der Waals surface area contributed by atoms with Gasteiger partial charge in [0.25, 0.3) is 10.0 Å². The average molecular weight is 388 g/mol. The first kappa shape index (κ1) is 19.7. The smallest absolute Gasteiger partial charge is 0.262 e. The molecule has 1 aliphatic rings. The lowest BCUT2D eigenvalue weighted by atomic mass is 10.1. The van der Waals surface area contributed by atoms with E-state index < -0.39 is 10.0 Å². The molecule has 1 fully saturated rings. The van der Waals surface area contributed by atoms with Gasteiger partial charge in [-0.15, -0.1) is 0 Å². The molecule has 1 heterocycles. The van der Waals surface area contributed by atoms with Gasteiger partial charge in [0.2, 0.25) is 0 Å². The maximum Gasteiger partial charge on any atom is 0.262 e. The van der Waals surface area contributed by atoms with Gasteiger partial charge in [-0.25, -0.2) is 8.42 Å². The van der Waals surface area contributed by atoms with Gasteiger partial charge in [0.15, 0.2) is 0 Å². The summed E-state index contributed by atoms with van der Waals surface area (Å²) in [5.74, 6) is 0. The van der Waals surface area contributed by atoms with Crippen molar-refractivity contribution in [3.63, 3.8) is 0 Å². The zero-order valence-electron chi connectivity index (χ0n) is 16.6. The van der Waals surface area contributed by atoms with Crippen LogP contribution in [-0.2, 0) is 10.0 Å². The third-order valence-electron chi connectivity index (χ3n) is 5.18. The molecule has 0 saturated carbocycles. The minimum atomic E-state index is -3.66. The predicted octanol–water partition coefficient (Wildman–Crippen LogP) is 3.55. The Morgan fingerprint density at radius 3 is 2.15 bits per heavy atom. The van der Waals surface area contributed by atoms with E-state index in [1.807, 2.05) is 57.2 Å². The number of benzene rings is 2. The summed E-state index contributed by atoms with van der Waals surface area (Å²) < 4.78 is 29.1. The number of nitrogens with zero attached hydrogens (tertiary/aromatic N) is 2. The van der Waals surface area contributed by atoms with Crippen LogP contribution in [0.4, 0.5) is 11.4 Å².